The molecule has 1 aliphatic carbocycles. The van der Waals surface area contributed by atoms with E-state index in [0.717, 1.165) is 50.5 Å². The lowest BCUT2D eigenvalue weighted by Crippen LogP contribution is -2.36. The predicted octanol–water partition coefficient (Wildman–Crippen LogP) is 2.06. The summed E-state index contributed by atoms with van der Waals surface area (Å²) < 4.78 is 1.77. The van der Waals surface area contributed by atoms with Crippen molar-refractivity contribution in [2.45, 2.75) is 51.6 Å². The third-order valence-electron chi connectivity index (χ3n) is 5.37. The van der Waals surface area contributed by atoms with Crippen molar-refractivity contribution in [3.05, 3.63) is 45.9 Å². The molecule has 6 heteroatoms. The van der Waals surface area contributed by atoms with Crippen molar-refractivity contribution >= 4 is 0 Å². The lowest BCUT2D eigenvalue weighted by atomic mass is 9.96. The molecule has 1 saturated carbocycles. The Morgan fingerprint density at radius 2 is 2.00 bits per heavy atom. The lowest BCUT2D eigenvalue weighted by molar-refractivity contribution is 0.166. The zero-order valence-corrected chi connectivity index (χ0v) is 14.2. The molecule has 6 nitrogen and oxygen atoms in total. The van der Waals surface area contributed by atoms with Crippen LogP contribution >= 0.6 is 0 Å². The molecule has 2 fully saturated rings. The maximum Gasteiger partial charge on any atom is 0.256 e. The number of nitrogens with zero attached hydrogens (tertiary/aromatic N) is 4. The number of hydrogen-bond acceptors (Lipinski definition) is 4. The van der Waals surface area contributed by atoms with E-state index in [1.165, 1.54) is 24.1 Å². The van der Waals surface area contributed by atoms with E-state index in [4.69, 9.17) is 0 Å². The van der Waals surface area contributed by atoms with Crippen LogP contribution in [0.2, 0.25) is 0 Å². The van der Waals surface area contributed by atoms with Crippen LogP contribution in [0.4, 0.5) is 0 Å². The van der Waals surface area contributed by atoms with Crippen molar-refractivity contribution in [3.8, 4) is 0 Å². The third kappa shape index (κ3) is 3.29. The minimum absolute atomic E-state index is 0.0971. The molecule has 1 saturated heterocycles. The highest BCUT2D eigenvalue weighted by atomic mass is 16.1. The van der Waals surface area contributed by atoms with Crippen molar-refractivity contribution in [2.24, 2.45) is 5.92 Å². The quantitative estimate of drug-likeness (QED) is 0.913. The van der Waals surface area contributed by atoms with E-state index in [1.807, 2.05) is 13.1 Å². The van der Waals surface area contributed by atoms with E-state index in [2.05, 4.69) is 20.1 Å². The molecule has 0 amide bonds. The first kappa shape index (κ1) is 15.6. The second kappa shape index (κ2) is 6.51. The van der Waals surface area contributed by atoms with Crippen LogP contribution in [0.25, 0.3) is 0 Å². The molecule has 2 aromatic rings. The Kier molecular flexibility index (Phi) is 4.22. The molecular formula is C18H25N5O. The molecule has 24 heavy (non-hydrogen) atoms. The SMILES string of the molecule is Cc1cncn(CC2CCN(Cc3cn[nH]c3C3CC3)CC2)c1=O. The summed E-state index contributed by atoms with van der Waals surface area (Å²) >= 11 is 0. The van der Waals surface area contributed by atoms with Gasteiger partial charge in [-0.05, 0) is 51.6 Å². The second-order valence-corrected chi connectivity index (χ2v) is 7.34. The molecule has 2 aliphatic rings. The van der Waals surface area contributed by atoms with Gasteiger partial charge in [0.2, 0.25) is 0 Å². The fraction of sp³-hybridized carbons (Fsp3) is 0.611. The largest absolute Gasteiger partial charge is 0.299 e. The summed E-state index contributed by atoms with van der Waals surface area (Å²) in [6.45, 7) is 5.81. The van der Waals surface area contributed by atoms with E-state index in [0.29, 0.717) is 5.92 Å². The zero-order valence-electron chi connectivity index (χ0n) is 14.2. The molecule has 4 rings (SSSR count). The predicted molar refractivity (Wildman–Crippen MR) is 91.8 cm³/mol. The van der Waals surface area contributed by atoms with E-state index in [-0.39, 0.29) is 5.56 Å². The highest BCUT2D eigenvalue weighted by molar-refractivity contribution is 5.24. The van der Waals surface area contributed by atoms with Gasteiger partial charge in [-0.2, -0.15) is 5.10 Å². The number of aryl methyl sites for hydroxylation is 1. The first-order valence-corrected chi connectivity index (χ1v) is 8.96. The van der Waals surface area contributed by atoms with Gasteiger partial charge >= 0.3 is 0 Å². The maximum absolute atomic E-state index is 12.1. The van der Waals surface area contributed by atoms with Crippen molar-refractivity contribution in [1.82, 2.24) is 24.6 Å². The number of H-pyrrole nitrogens is 1. The van der Waals surface area contributed by atoms with Crippen molar-refractivity contribution in [1.29, 1.82) is 0 Å². The molecule has 0 atom stereocenters. The molecular weight excluding hydrogens is 302 g/mol. The number of piperidine rings is 1. The first-order chi connectivity index (χ1) is 11.7. The summed E-state index contributed by atoms with van der Waals surface area (Å²) in [5, 5.41) is 7.43. The minimum atomic E-state index is 0.0971. The Hall–Kier alpha value is -1.95. The van der Waals surface area contributed by atoms with Crippen LogP contribution in [0, 0.1) is 12.8 Å². The average Bonchev–Trinajstić information content (AvgIpc) is 3.33. The van der Waals surface area contributed by atoms with Crippen LogP contribution in [0.15, 0.2) is 23.5 Å². The van der Waals surface area contributed by atoms with E-state index < -0.39 is 0 Å². The van der Waals surface area contributed by atoms with Gasteiger partial charge in [0.1, 0.15) is 0 Å². The van der Waals surface area contributed by atoms with Gasteiger partial charge in [0.05, 0.1) is 12.5 Å². The second-order valence-electron chi connectivity index (χ2n) is 7.34. The molecule has 0 unspecified atom stereocenters. The molecule has 1 aliphatic heterocycles. The Balaban J connectivity index is 1.32. The van der Waals surface area contributed by atoms with Gasteiger partial charge < -0.3 is 0 Å². The van der Waals surface area contributed by atoms with Gasteiger partial charge in [-0.25, -0.2) is 4.98 Å². The Morgan fingerprint density at radius 3 is 2.75 bits per heavy atom. The molecule has 3 heterocycles. The fourth-order valence-electron chi connectivity index (χ4n) is 3.71. The van der Waals surface area contributed by atoms with E-state index in [9.17, 15) is 4.79 Å². The number of aromatic nitrogens is 4. The molecule has 0 radical (unpaired) electrons. The number of rotatable bonds is 5. The van der Waals surface area contributed by atoms with Crippen molar-refractivity contribution in [3.63, 3.8) is 0 Å². The summed E-state index contributed by atoms with van der Waals surface area (Å²) in [5.41, 5.74) is 3.55. The third-order valence-corrected chi connectivity index (χ3v) is 5.37. The smallest absolute Gasteiger partial charge is 0.256 e. The fourth-order valence-corrected chi connectivity index (χ4v) is 3.71. The summed E-state index contributed by atoms with van der Waals surface area (Å²) in [6, 6.07) is 0. The van der Waals surface area contributed by atoms with Gasteiger partial charge in [-0.15, -0.1) is 0 Å². The molecule has 128 valence electrons. The van der Waals surface area contributed by atoms with Crippen LogP contribution < -0.4 is 5.56 Å². The van der Waals surface area contributed by atoms with Gasteiger partial charge in [0.25, 0.3) is 5.56 Å². The van der Waals surface area contributed by atoms with Crippen LogP contribution in [0.3, 0.4) is 0 Å². The van der Waals surface area contributed by atoms with Crippen molar-refractivity contribution in [2.75, 3.05) is 13.1 Å². The highest BCUT2D eigenvalue weighted by Gasteiger charge is 2.29. The van der Waals surface area contributed by atoms with E-state index >= 15 is 0 Å². The van der Waals surface area contributed by atoms with Crippen LogP contribution in [-0.4, -0.2) is 37.7 Å². The molecule has 1 N–H and O–H groups in total. The molecule has 0 aromatic carbocycles. The highest BCUT2D eigenvalue weighted by Crippen LogP contribution is 2.40. The number of hydrogen-bond donors (Lipinski definition) is 1. The number of nitrogens with one attached hydrogen (secondary N) is 1. The standard InChI is InChI=1S/C18H25N5O/c1-13-8-19-12-23(18(13)24)10-14-4-6-22(7-5-14)11-16-9-20-21-17(16)15-2-3-15/h8-9,12,14-15H,2-7,10-11H2,1H3,(H,20,21). The molecule has 2 aromatic heterocycles. The van der Waals surface area contributed by atoms with Gasteiger partial charge in [0, 0.05) is 42.0 Å². The topological polar surface area (TPSA) is 66.8 Å². The average molecular weight is 327 g/mol. The van der Waals surface area contributed by atoms with Crippen LogP contribution in [0.5, 0.6) is 0 Å². The van der Waals surface area contributed by atoms with E-state index in [1.54, 1.807) is 17.1 Å². The van der Waals surface area contributed by atoms with Crippen LogP contribution in [0.1, 0.15) is 48.4 Å². The molecule has 0 spiro atoms. The van der Waals surface area contributed by atoms with Gasteiger partial charge in [0.15, 0.2) is 0 Å². The van der Waals surface area contributed by atoms with Crippen molar-refractivity contribution < 1.29 is 0 Å². The van der Waals surface area contributed by atoms with Crippen LogP contribution in [-0.2, 0) is 13.1 Å². The number of aromatic amines is 1. The van der Waals surface area contributed by atoms with Gasteiger partial charge in [-0.1, -0.05) is 0 Å². The number of likely N-dealkylation sites (tertiary alicyclic amines) is 1. The summed E-state index contributed by atoms with van der Waals surface area (Å²) in [5.74, 6) is 1.29. The lowest BCUT2D eigenvalue weighted by Gasteiger charge is -2.32. The normalized spacial score (nSPS) is 19.7. The summed E-state index contributed by atoms with van der Waals surface area (Å²) in [7, 11) is 0. The Labute approximate surface area is 141 Å². The van der Waals surface area contributed by atoms with Gasteiger partial charge in [-0.3, -0.25) is 19.4 Å². The summed E-state index contributed by atoms with van der Waals surface area (Å²) in [4.78, 5) is 18.8. The Bertz CT molecular complexity index is 753. The summed E-state index contributed by atoms with van der Waals surface area (Å²) in [6.07, 6.45) is 10.2. The Morgan fingerprint density at radius 1 is 1.21 bits per heavy atom. The zero-order chi connectivity index (χ0) is 16.5. The monoisotopic (exact) mass is 327 g/mol. The minimum Gasteiger partial charge on any atom is -0.299 e. The maximum atomic E-state index is 12.1. The first-order valence-electron chi connectivity index (χ1n) is 8.96. The molecule has 0 bridgehead atoms.